The molecule has 1 atom stereocenters. The summed E-state index contributed by atoms with van der Waals surface area (Å²) in [4.78, 5) is 0. The summed E-state index contributed by atoms with van der Waals surface area (Å²) in [6, 6.07) is 1.67. The van der Waals surface area contributed by atoms with Gasteiger partial charge in [0, 0.05) is 12.8 Å². The van der Waals surface area contributed by atoms with Gasteiger partial charge in [-0.05, 0) is 22.4 Å². The Labute approximate surface area is 104 Å². The molecule has 0 aliphatic rings. The first-order chi connectivity index (χ1) is 7.70. The van der Waals surface area contributed by atoms with Gasteiger partial charge in [0.1, 0.15) is 0 Å². The lowest BCUT2D eigenvalue weighted by molar-refractivity contribution is 0.182. The fourth-order valence-corrected chi connectivity index (χ4v) is 4.82. The number of hydrogen-bond donors (Lipinski definition) is 2. The third-order valence-corrected chi connectivity index (χ3v) is 6.06. The Balaban J connectivity index is 2.56. The van der Waals surface area contributed by atoms with Crippen molar-refractivity contribution in [1.29, 1.82) is 0 Å². The monoisotopic (exact) mass is 299 g/mol. The van der Waals surface area contributed by atoms with Gasteiger partial charge in [0.25, 0.3) is 0 Å². The van der Waals surface area contributed by atoms with Crippen molar-refractivity contribution in [3.8, 4) is 0 Å². The normalized spacial score (nSPS) is 14.7. The third-order valence-electron chi connectivity index (χ3n) is 1.79. The Morgan fingerprint density at radius 1 is 1.41 bits per heavy atom. The molecule has 1 aromatic heterocycles. The summed E-state index contributed by atoms with van der Waals surface area (Å²) in [5.74, 6) is 0. The van der Waals surface area contributed by atoms with Gasteiger partial charge < -0.3 is 5.11 Å². The smallest absolute Gasteiger partial charge is 0.226 e. The molecular weight excluding hydrogens is 286 g/mol. The molecule has 0 fully saturated rings. The summed E-state index contributed by atoms with van der Waals surface area (Å²) >= 11 is 1.38. The van der Waals surface area contributed by atoms with E-state index in [0.717, 1.165) is 6.26 Å². The predicted octanol–water partition coefficient (Wildman–Crippen LogP) is -0.297. The number of hydrogen-bond acceptors (Lipinski definition) is 6. The number of sulfonamides is 1. The molecule has 1 rings (SSSR count). The Bertz CT molecular complexity index is 546. The van der Waals surface area contributed by atoms with E-state index in [2.05, 4.69) is 4.72 Å². The standard InChI is InChI=1S/C8H13NO5S3/c1-16(11,12)6-17(13,14)9-4-8(10)7-2-3-15-5-7/h2-3,5,8-10H,4,6H2,1H3. The quantitative estimate of drug-likeness (QED) is 0.751. The van der Waals surface area contributed by atoms with Gasteiger partial charge in [-0.25, -0.2) is 21.6 Å². The molecule has 2 N–H and O–H groups in total. The van der Waals surface area contributed by atoms with Gasteiger partial charge in [-0.1, -0.05) is 0 Å². The molecule has 17 heavy (non-hydrogen) atoms. The molecule has 0 aliphatic carbocycles. The Hall–Kier alpha value is -0.480. The van der Waals surface area contributed by atoms with E-state index in [9.17, 15) is 21.9 Å². The number of nitrogens with one attached hydrogen (secondary N) is 1. The van der Waals surface area contributed by atoms with Crippen molar-refractivity contribution in [2.45, 2.75) is 6.10 Å². The zero-order valence-corrected chi connectivity index (χ0v) is 11.5. The number of thiophene rings is 1. The van der Waals surface area contributed by atoms with Gasteiger partial charge in [-0.15, -0.1) is 0 Å². The van der Waals surface area contributed by atoms with Crippen LogP contribution in [0.3, 0.4) is 0 Å². The molecule has 98 valence electrons. The lowest BCUT2D eigenvalue weighted by Crippen LogP contribution is -2.32. The van der Waals surface area contributed by atoms with Crippen LogP contribution in [0, 0.1) is 0 Å². The molecule has 6 nitrogen and oxygen atoms in total. The van der Waals surface area contributed by atoms with Crippen LogP contribution in [0.15, 0.2) is 16.8 Å². The van der Waals surface area contributed by atoms with E-state index in [0.29, 0.717) is 5.56 Å². The molecule has 0 bridgehead atoms. The van der Waals surface area contributed by atoms with Gasteiger partial charge in [-0.3, -0.25) is 0 Å². The topological polar surface area (TPSA) is 101 Å². The zero-order chi connectivity index (χ0) is 13.1. The van der Waals surface area contributed by atoms with Gasteiger partial charge in [0.2, 0.25) is 10.0 Å². The van der Waals surface area contributed by atoms with Crippen molar-refractivity contribution >= 4 is 31.2 Å². The lowest BCUT2D eigenvalue weighted by atomic mass is 10.2. The van der Waals surface area contributed by atoms with E-state index in [-0.39, 0.29) is 6.54 Å². The van der Waals surface area contributed by atoms with Gasteiger partial charge in [0.15, 0.2) is 14.9 Å². The van der Waals surface area contributed by atoms with E-state index in [1.165, 1.54) is 11.3 Å². The van der Waals surface area contributed by atoms with E-state index < -0.39 is 31.0 Å². The minimum atomic E-state index is -3.92. The summed E-state index contributed by atoms with van der Waals surface area (Å²) < 4.78 is 46.4. The van der Waals surface area contributed by atoms with Crippen molar-refractivity contribution in [2.75, 3.05) is 17.9 Å². The van der Waals surface area contributed by atoms with Crippen molar-refractivity contribution in [2.24, 2.45) is 0 Å². The minimum Gasteiger partial charge on any atom is -0.387 e. The van der Waals surface area contributed by atoms with Crippen molar-refractivity contribution in [1.82, 2.24) is 4.72 Å². The van der Waals surface area contributed by atoms with Gasteiger partial charge in [-0.2, -0.15) is 11.3 Å². The third kappa shape index (κ3) is 5.59. The van der Waals surface area contributed by atoms with Crippen LogP contribution >= 0.6 is 11.3 Å². The molecular formula is C8H13NO5S3. The Morgan fingerprint density at radius 3 is 2.53 bits per heavy atom. The molecule has 0 aromatic carbocycles. The number of rotatable bonds is 6. The molecule has 0 saturated heterocycles. The zero-order valence-electron chi connectivity index (χ0n) is 9.03. The van der Waals surface area contributed by atoms with E-state index >= 15 is 0 Å². The average Bonchev–Trinajstić information content (AvgIpc) is 2.63. The van der Waals surface area contributed by atoms with Crippen LogP contribution in [-0.4, -0.2) is 39.8 Å². The van der Waals surface area contributed by atoms with Gasteiger partial charge in [0.05, 0.1) is 6.10 Å². The van der Waals surface area contributed by atoms with Crippen LogP contribution in [0.5, 0.6) is 0 Å². The molecule has 1 heterocycles. The fraction of sp³-hybridized carbons (Fsp3) is 0.500. The second-order valence-electron chi connectivity index (χ2n) is 3.58. The molecule has 0 spiro atoms. The van der Waals surface area contributed by atoms with Crippen LogP contribution in [0.2, 0.25) is 0 Å². The van der Waals surface area contributed by atoms with E-state index in [1.54, 1.807) is 16.8 Å². The molecule has 1 unspecified atom stereocenters. The summed E-state index contributed by atoms with van der Waals surface area (Å²) in [6.07, 6.45) is -0.141. The maximum atomic E-state index is 11.3. The lowest BCUT2D eigenvalue weighted by Gasteiger charge is -2.10. The first-order valence-electron chi connectivity index (χ1n) is 4.55. The van der Waals surface area contributed by atoms with Crippen LogP contribution < -0.4 is 4.72 Å². The highest BCUT2D eigenvalue weighted by molar-refractivity contribution is 8.06. The van der Waals surface area contributed by atoms with Crippen molar-refractivity contribution < 1.29 is 21.9 Å². The molecule has 0 aliphatic heterocycles. The highest BCUT2D eigenvalue weighted by atomic mass is 32.3. The summed E-state index contributed by atoms with van der Waals surface area (Å²) in [7, 11) is -7.53. The van der Waals surface area contributed by atoms with Crippen LogP contribution in [0.1, 0.15) is 11.7 Å². The van der Waals surface area contributed by atoms with Crippen LogP contribution in [-0.2, 0) is 19.9 Å². The number of sulfone groups is 1. The van der Waals surface area contributed by atoms with Crippen molar-refractivity contribution in [3.05, 3.63) is 22.4 Å². The summed E-state index contributed by atoms with van der Waals surface area (Å²) in [5, 5.41) is 12.1. The Morgan fingerprint density at radius 2 is 2.06 bits per heavy atom. The first-order valence-corrected chi connectivity index (χ1v) is 9.20. The molecule has 0 saturated carbocycles. The van der Waals surface area contributed by atoms with E-state index in [1.807, 2.05) is 0 Å². The average molecular weight is 299 g/mol. The summed E-state index contributed by atoms with van der Waals surface area (Å²) in [6.45, 7) is -0.241. The first kappa shape index (κ1) is 14.6. The molecule has 0 radical (unpaired) electrons. The summed E-state index contributed by atoms with van der Waals surface area (Å²) in [5.41, 5.74) is 0.594. The second-order valence-corrected chi connectivity index (χ2v) is 8.67. The predicted molar refractivity (Wildman–Crippen MR) is 65.9 cm³/mol. The molecule has 1 aromatic rings. The second kappa shape index (κ2) is 5.44. The van der Waals surface area contributed by atoms with Gasteiger partial charge >= 0.3 is 0 Å². The highest BCUT2D eigenvalue weighted by Crippen LogP contribution is 2.15. The minimum absolute atomic E-state index is 0.241. The largest absolute Gasteiger partial charge is 0.387 e. The van der Waals surface area contributed by atoms with Crippen LogP contribution in [0.25, 0.3) is 0 Å². The maximum Gasteiger partial charge on any atom is 0.226 e. The van der Waals surface area contributed by atoms with Crippen molar-refractivity contribution in [3.63, 3.8) is 0 Å². The Kier molecular flexibility index (Phi) is 4.67. The van der Waals surface area contributed by atoms with E-state index in [4.69, 9.17) is 0 Å². The highest BCUT2D eigenvalue weighted by Gasteiger charge is 2.19. The molecule has 9 heteroatoms. The van der Waals surface area contributed by atoms with Crippen LogP contribution in [0.4, 0.5) is 0 Å². The SMILES string of the molecule is CS(=O)(=O)CS(=O)(=O)NCC(O)c1ccsc1. The number of aliphatic hydroxyl groups excluding tert-OH is 1. The number of aliphatic hydroxyl groups is 1. The molecule has 0 amide bonds. The fourth-order valence-electron chi connectivity index (χ4n) is 1.11. The maximum absolute atomic E-state index is 11.3.